The van der Waals surface area contributed by atoms with Crippen molar-refractivity contribution < 1.29 is 14.3 Å². The molecule has 2 aromatic heterocycles. The molecule has 2 heterocycles. The van der Waals surface area contributed by atoms with Crippen LogP contribution in [0.15, 0.2) is 36.9 Å². The lowest BCUT2D eigenvalue weighted by Gasteiger charge is -2.16. The van der Waals surface area contributed by atoms with Gasteiger partial charge in [-0.3, -0.25) is 0 Å². The number of carbonyl (C=O) groups excluding carboxylic acids is 1. The third-order valence-electron chi connectivity index (χ3n) is 3.77. The van der Waals surface area contributed by atoms with Crippen molar-refractivity contribution in [1.29, 1.82) is 0 Å². The number of halogens is 1. The summed E-state index contributed by atoms with van der Waals surface area (Å²) in [5, 5.41) is 9.99. The van der Waals surface area contributed by atoms with Crippen LogP contribution in [0.2, 0.25) is 5.02 Å². The molecular weight excluding hydrogens is 386 g/mol. The second-order valence-electron chi connectivity index (χ2n) is 5.59. The van der Waals surface area contributed by atoms with Crippen molar-refractivity contribution in [2.45, 2.75) is 13.0 Å². The monoisotopic (exact) mass is 403 g/mol. The Morgan fingerprint density at radius 2 is 1.86 bits per heavy atom. The average Bonchev–Trinajstić information content (AvgIpc) is 3.19. The predicted molar refractivity (Wildman–Crippen MR) is 102 cm³/mol. The van der Waals surface area contributed by atoms with E-state index in [1.807, 2.05) is 0 Å². The second-order valence-corrected chi connectivity index (χ2v) is 5.99. The third-order valence-corrected chi connectivity index (χ3v) is 4.07. The van der Waals surface area contributed by atoms with Crippen LogP contribution in [-0.4, -0.2) is 45.0 Å². The lowest BCUT2D eigenvalue weighted by atomic mass is 10.2. The van der Waals surface area contributed by atoms with Crippen molar-refractivity contribution in [3.05, 3.63) is 47.8 Å². The van der Waals surface area contributed by atoms with Crippen LogP contribution in [0, 0.1) is 0 Å². The number of urea groups is 1. The summed E-state index contributed by atoms with van der Waals surface area (Å²) >= 11 is 6.08. The zero-order chi connectivity index (χ0) is 20.1. The molecule has 0 aliphatic carbocycles. The van der Waals surface area contributed by atoms with Crippen molar-refractivity contribution in [2.24, 2.45) is 0 Å². The number of amides is 2. The zero-order valence-electron chi connectivity index (χ0n) is 15.4. The minimum atomic E-state index is -0.480. The molecule has 0 aliphatic rings. The molecule has 1 aromatic carbocycles. The summed E-state index contributed by atoms with van der Waals surface area (Å²) in [5.74, 6) is 1.64. The molecule has 0 radical (unpaired) electrons. The molecule has 10 nitrogen and oxygen atoms in total. The van der Waals surface area contributed by atoms with E-state index >= 15 is 0 Å². The first-order valence-corrected chi connectivity index (χ1v) is 8.57. The first kappa shape index (κ1) is 19.4. The standard InChI is InChI=1S/C17H18ClN7O3/c1-10(15-21-9-22-25(15)16-19-5-4-6-20-16)23-17(26)24-12-8-13(27-2)11(18)7-14(12)28-3/h4-10H,1-3H3,(H2,23,24,26). The Balaban J connectivity index is 1.75. The van der Waals surface area contributed by atoms with E-state index in [9.17, 15) is 4.79 Å². The van der Waals surface area contributed by atoms with Gasteiger partial charge >= 0.3 is 6.03 Å². The molecule has 11 heteroatoms. The Bertz CT molecular complexity index is 965. The van der Waals surface area contributed by atoms with E-state index in [-0.39, 0.29) is 0 Å². The van der Waals surface area contributed by atoms with Gasteiger partial charge in [-0.25, -0.2) is 19.7 Å². The van der Waals surface area contributed by atoms with Gasteiger partial charge in [0.2, 0.25) is 0 Å². The van der Waals surface area contributed by atoms with Gasteiger partial charge in [-0.15, -0.1) is 0 Å². The number of carbonyl (C=O) groups is 1. The van der Waals surface area contributed by atoms with Crippen LogP contribution in [0.3, 0.4) is 0 Å². The Labute approximate surface area is 165 Å². The van der Waals surface area contributed by atoms with E-state index in [0.29, 0.717) is 34.0 Å². The highest BCUT2D eigenvalue weighted by atomic mass is 35.5. The van der Waals surface area contributed by atoms with Crippen LogP contribution in [0.5, 0.6) is 11.5 Å². The van der Waals surface area contributed by atoms with Gasteiger partial charge in [0.15, 0.2) is 5.82 Å². The highest BCUT2D eigenvalue weighted by Crippen LogP contribution is 2.35. The van der Waals surface area contributed by atoms with Crippen LogP contribution < -0.4 is 20.1 Å². The number of ether oxygens (including phenoxy) is 2. The summed E-state index contributed by atoms with van der Waals surface area (Å²) < 4.78 is 11.9. The number of rotatable bonds is 6. The molecule has 146 valence electrons. The van der Waals surface area contributed by atoms with Gasteiger partial charge in [0.25, 0.3) is 5.95 Å². The summed E-state index contributed by atoms with van der Waals surface area (Å²) in [4.78, 5) is 24.9. The van der Waals surface area contributed by atoms with Gasteiger partial charge < -0.3 is 20.1 Å². The Morgan fingerprint density at radius 3 is 2.54 bits per heavy atom. The maximum Gasteiger partial charge on any atom is 0.319 e. The molecule has 3 rings (SSSR count). The normalized spacial score (nSPS) is 11.6. The summed E-state index contributed by atoms with van der Waals surface area (Å²) in [6, 6.07) is 3.88. The smallest absolute Gasteiger partial charge is 0.319 e. The predicted octanol–water partition coefficient (Wildman–Crippen LogP) is 2.61. The second kappa shape index (κ2) is 8.53. The maximum atomic E-state index is 12.5. The van der Waals surface area contributed by atoms with Crippen molar-refractivity contribution in [2.75, 3.05) is 19.5 Å². The molecule has 1 atom stereocenters. The lowest BCUT2D eigenvalue weighted by molar-refractivity contribution is 0.248. The highest BCUT2D eigenvalue weighted by molar-refractivity contribution is 6.32. The molecule has 0 saturated carbocycles. The van der Waals surface area contributed by atoms with Crippen LogP contribution >= 0.6 is 11.6 Å². The summed E-state index contributed by atoms with van der Waals surface area (Å²) in [7, 11) is 2.96. The van der Waals surface area contributed by atoms with E-state index in [1.54, 1.807) is 37.5 Å². The van der Waals surface area contributed by atoms with E-state index in [4.69, 9.17) is 21.1 Å². The number of hydrogen-bond acceptors (Lipinski definition) is 7. The minimum Gasteiger partial charge on any atom is -0.495 e. The summed E-state index contributed by atoms with van der Waals surface area (Å²) in [6.45, 7) is 1.77. The fourth-order valence-electron chi connectivity index (χ4n) is 2.48. The van der Waals surface area contributed by atoms with Gasteiger partial charge in [-0.1, -0.05) is 11.6 Å². The first-order valence-electron chi connectivity index (χ1n) is 8.19. The van der Waals surface area contributed by atoms with Crippen molar-refractivity contribution >= 4 is 23.3 Å². The van der Waals surface area contributed by atoms with E-state index in [1.165, 1.54) is 25.2 Å². The molecule has 3 aromatic rings. The number of hydrogen-bond donors (Lipinski definition) is 2. The molecule has 0 spiro atoms. The molecule has 0 bridgehead atoms. The molecule has 2 amide bonds. The number of anilines is 1. The molecule has 2 N–H and O–H groups in total. The SMILES string of the molecule is COc1cc(NC(=O)NC(C)c2ncnn2-c2ncccn2)c(OC)cc1Cl. The van der Waals surface area contributed by atoms with E-state index < -0.39 is 12.1 Å². The van der Waals surface area contributed by atoms with Crippen molar-refractivity contribution in [3.63, 3.8) is 0 Å². The molecule has 1 unspecified atom stereocenters. The van der Waals surface area contributed by atoms with Gasteiger partial charge in [-0.05, 0) is 13.0 Å². The maximum absolute atomic E-state index is 12.5. The first-order chi connectivity index (χ1) is 13.5. The Kier molecular flexibility index (Phi) is 5.90. The number of nitrogens with zero attached hydrogens (tertiary/aromatic N) is 5. The molecular formula is C17H18ClN7O3. The largest absolute Gasteiger partial charge is 0.495 e. The van der Waals surface area contributed by atoms with Crippen LogP contribution in [0.4, 0.5) is 10.5 Å². The Morgan fingerprint density at radius 1 is 1.14 bits per heavy atom. The zero-order valence-corrected chi connectivity index (χ0v) is 16.1. The molecule has 0 saturated heterocycles. The molecule has 0 fully saturated rings. The van der Waals surface area contributed by atoms with Gasteiger partial charge in [0, 0.05) is 24.5 Å². The van der Waals surface area contributed by atoms with Crippen molar-refractivity contribution in [1.82, 2.24) is 30.0 Å². The third kappa shape index (κ3) is 4.12. The van der Waals surface area contributed by atoms with Crippen molar-refractivity contribution in [3.8, 4) is 17.4 Å². The quantitative estimate of drug-likeness (QED) is 0.649. The fraction of sp³-hybridized carbons (Fsp3) is 0.235. The molecule has 28 heavy (non-hydrogen) atoms. The van der Waals surface area contributed by atoms with Crippen LogP contribution in [-0.2, 0) is 0 Å². The number of nitrogens with one attached hydrogen (secondary N) is 2. The summed E-state index contributed by atoms with van der Waals surface area (Å²) in [5.41, 5.74) is 0.404. The lowest BCUT2D eigenvalue weighted by Crippen LogP contribution is -2.32. The number of methoxy groups -OCH3 is 2. The Hall–Kier alpha value is -3.40. The number of aromatic nitrogens is 5. The topological polar surface area (TPSA) is 116 Å². The van der Waals surface area contributed by atoms with Crippen LogP contribution in [0.1, 0.15) is 18.8 Å². The summed E-state index contributed by atoms with van der Waals surface area (Å²) in [6.07, 6.45) is 4.56. The van der Waals surface area contributed by atoms with E-state index in [0.717, 1.165) is 0 Å². The number of benzene rings is 1. The van der Waals surface area contributed by atoms with Gasteiger partial charge in [0.1, 0.15) is 17.8 Å². The van der Waals surface area contributed by atoms with Gasteiger partial charge in [0.05, 0.1) is 31.0 Å². The van der Waals surface area contributed by atoms with Crippen LogP contribution in [0.25, 0.3) is 5.95 Å². The fourth-order valence-corrected chi connectivity index (χ4v) is 2.71. The highest BCUT2D eigenvalue weighted by Gasteiger charge is 2.19. The molecule has 0 aliphatic heterocycles. The average molecular weight is 404 g/mol. The minimum absolute atomic E-state index is 0.355. The van der Waals surface area contributed by atoms with Gasteiger partial charge in [-0.2, -0.15) is 9.78 Å². The van der Waals surface area contributed by atoms with E-state index in [2.05, 4.69) is 30.7 Å².